The van der Waals surface area contributed by atoms with Crippen LogP contribution in [-0.2, 0) is 6.42 Å². The molecule has 0 fully saturated rings. The van der Waals surface area contributed by atoms with Gasteiger partial charge in [0.05, 0.1) is 7.11 Å². The summed E-state index contributed by atoms with van der Waals surface area (Å²) >= 11 is 1.85. The molecule has 0 aromatic heterocycles. The van der Waals surface area contributed by atoms with Gasteiger partial charge in [0, 0.05) is 4.90 Å². The lowest BCUT2D eigenvalue weighted by molar-refractivity contribution is 0.413. The van der Waals surface area contributed by atoms with Gasteiger partial charge in [-0.15, -0.1) is 11.8 Å². The molecule has 0 N–H and O–H groups in total. The van der Waals surface area contributed by atoms with Gasteiger partial charge in [0.2, 0.25) is 0 Å². The molecule has 0 aliphatic rings. The lowest BCUT2D eigenvalue weighted by Crippen LogP contribution is -1.87. The van der Waals surface area contributed by atoms with Gasteiger partial charge >= 0.3 is 0 Å². The Morgan fingerprint density at radius 2 is 2.00 bits per heavy atom. The number of hydrogen-bond acceptors (Lipinski definition) is 2. The summed E-state index contributed by atoms with van der Waals surface area (Å²) in [4.78, 5) is 1.30. The standard InChI is InChI=1S/C11H16OS/c1-4-9-6-10(12-3)8-11(7-9)13-5-2/h6-8H,4-5H2,1-3H3. The molecule has 0 radical (unpaired) electrons. The van der Waals surface area contributed by atoms with Crippen LogP contribution >= 0.6 is 11.8 Å². The molecule has 1 aromatic carbocycles. The average molecular weight is 196 g/mol. The second-order valence-electron chi connectivity index (χ2n) is 2.80. The molecule has 0 aliphatic carbocycles. The van der Waals surface area contributed by atoms with Crippen molar-refractivity contribution in [1.29, 1.82) is 0 Å². The third kappa shape index (κ3) is 2.96. The van der Waals surface area contributed by atoms with Crippen LogP contribution < -0.4 is 4.74 Å². The maximum Gasteiger partial charge on any atom is 0.120 e. The minimum atomic E-state index is 0.968. The fourth-order valence-electron chi connectivity index (χ4n) is 1.20. The monoisotopic (exact) mass is 196 g/mol. The van der Waals surface area contributed by atoms with E-state index in [2.05, 4.69) is 32.0 Å². The van der Waals surface area contributed by atoms with E-state index in [1.165, 1.54) is 10.5 Å². The molecule has 0 unspecified atom stereocenters. The molecule has 13 heavy (non-hydrogen) atoms. The van der Waals surface area contributed by atoms with Gasteiger partial charge < -0.3 is 4.74 Å². The zero-order valence-electron chi connectivity index (χ0n) is 8.46. The lowest BCUT2D eigenvalue weighted by atomic mass is 10.2. The van der Waals surface area contributed by atoms with Crippen molar-refractivity contribution in [3.63, 3.8) is 0 Å². The molecular weight excluding hydrogens is 180 g/mol. The van der Waals surface area contributed by atoms with Crippen LogP contribution in [0.15, 0.2) is 23.1 Å². The van der Waals surface area contributed by atoms with E-state index in [0.717, 1.165) is 17.9 Å². The van der Waals surface area contributed by atoms with E-state index in [1.807, 2.05) is 11.8 Å². The van der Waals surface area contributed by atoms with E-state index in [-0.39, 0.29) is 0 Å². The second-order valence-corrected chi connectivity index (χ2v) is 4.14. The van der Waals surface area contributed by atoms with E-state index >= 15 is 0 Å². The Morgan fingerprint density at radius 3 is 2.54 bits per heavy atom. The molecule has 0 saturated carbocycles. The topological polar surface area (TPSA) is 9.23 Å². The highest BCUT2D eigenvalue weighted by Gasteiger charge is 1.99. The Hall–Kier alpha value is -0.630. The Bertz CT molecular complexity index is 249. The van der Waals surface area contributed by atoms with Crippen molar-refractivity contribution >= 4 is 11.8 Å². The van der Waals surface area contributed by atoms with E-state index in [4.69, 9.17) is 4.74 Å². The fraction of sp³-hybridized carbons (Fsp3) is 0.455. The highest BCUT2D eigenvalue weighted by Crippen LogP contribution is 2.25. The number of rotatable bonds is 4. The smallest absolute Gasteiger partial charge is 0.120 e. The molecule has 1 nitrogen and oxygen atoms in total. The maximum atomic E-state index is 5.23. The number of methoxy groups -OCH3 is 1. The van der Waals surface area contributed by atoms with Gasteiger partial charge in [-0.3, -0.25) is 0 Å². The average Bonchev–Trinajstić information content (AvgIpc) is 2.17. The first-order chi connectivity index (χ1) is 6.30. The number of aryl methyl sites for hydroxylation is 1. The Kier molecular flexibility index (Phi) is 4.16. The predicted octanol–water partition coefficient (Wildman–Crippen LogP) is 3.37. The summed E-state index contributed by atoms with van der Waals surface area (Å²) in [5.41, 5.74) is 1.34. The molecule has 0 aliphatic heterocycles. The van der Waals surface area contributed by atoms with E-state index < -0.39 is 0 Å². The Labute approximate surface area is 84.5 Å². The number of thioether (sulfide) groups is 1. The molecule has 1 aromatic rings. The largest absolute Gasteiger partial charge is 0.497 e. The molecule has 0 heterocycles. The summed E-state index contributed by atoms with van der Waals surface area (Å²) in [5, 5.41) is 0. The zero-order chi connectivity index (χ0) is 9.68. The molecule has 72 valence electrons. The molecule has 0 atom stereocenters. The first-order valence-corrected chi connectivity index (χ1v) is 5.59. The van der Waals surface area contributed by atoms with Gasteiger partial charge in [0.15, 0.2) is 0 Å². The summed E-state index contributed by atoms with van der Waals surface area (Å²) in [7, 11) is 1.72. The van der Waals surface area contributed by atoms with E-state index in [1.54, 1.807) is 7.11 Å². The summed E-state index contributed by atoms with van der Waals surface area (Å²) in [6.07, 6.45) is 1.06. The van der Waals surface area contributed by atoms with E-state index in [9.17, 15) is 0 Å². The first kappa shape index (κ1) is 10.5. The van der Waals surface area contributed by atoms with Crippen molar-refractivity contribution in [2.45, 2.75) is 25.2 Å². The van der Waals surface area contributed by atoms with Crippen molar-refractivity contribution in [3.8, 4) is 5.75 Å². The van der Waals surface area contributed by atoms with Crippen LogP contribution in [0.25, 0.3) is 0 Å². The van der Waals surface area contributed by atoms with Crippen LogP contribution in [0.4, 0.5) is 0 Å². The van der Waals surface area contributed by atoms with Gasteiger partial charge in [0.25, 0.3) is 0 Å². The highest BCUT2D eigenvalue weighted by molar-refractivity contribution is 7.99. The molecule has 1 rings (SSSR count). The van der Waals surface area contributed by atoms with Crippen LogP contribution in [0.3, 0.4) is 0 Å². The maximum absolute atomic E-state index is 5.23. The third-order valence-electron chi connectivity index (χ3n) is 1.89. The summed E-state index contributed by atoms with van der Waals surface area (Å²) in [5.74, 6) is 2.08. The van der Waals surface area contributed by atoms with Crippen LogP contribution in [0.2, 0.25) is 0 Å². The van der Waals surface area contributed by atoms with Crippen LogP contribution in [-0.4, -0.2) is 12.9 Å². The van der Waals surface area contributed by atoms with E-state index in [0.29, 0.717) is 0 Å². The lowest BCUT2D eigenvalue weighted by Gasteiger charge is -2.06. The van der Waals surface area contributed by atoms with Crippen LogP contribution in [0, 0.1) is 0 Å². The number of benzene rings is 1. The van der Waals surface area contributed by atoms with Crippen molar-refractivity contribution in [3.05, 3.63) is 23.8 Å². The predicted molar refractivity (Wildman–Crippen MR) is 58.8 cm³/mol. The molecular formula is C11H16OS. The molecule has 0 amide bonds. The first-order valence-electron chi connectivity index (χ1n) is 4.60. The fourth-order valence-corrected chi connectivity index (χ4v) is 1.97. The minimum absolute atomic E-state index is 0.968. The summed E-state index contributed by atoms with van der Waals surface area (Å²) in [6.45, 7) is 4.32. The third-order valence-corrected chi connectivity index (χ3v) is 2.75. The van der Waals surface area contributed by atoms with Gasteiger partial charge in [-0.25, -0.2) is 0 Å². The van der Waals surface area contributed by atoms with Crippen LogP contribution in [0.1, 0.15) is 19.4 Å². The van der Waals surface area contributed by atoms with Crippen molar-refractivity contribution in [1.82, 2.24) is 0 Å². The molecule has 0 saturated heterocycles. The molecule has 0 bridgehead atoms. The van der Waals surface area contributed by atoms with Crippen molar-refractivity contribution < 1.29 is 4.74 Å². The van der Waals surface area contributed by atoms with Gasteiger partial charge in [-0.05, 0) is 35.9 Å². The molecule has 0 spiro atoms. The number of hydrogen-bond donors (Lipinski definition) is 0. The van der Waals surface area contributed by atoms with Crippen molar-refractivity contribution in [2.75, 3.05) is 12.9 Å². The Balaban J connectivity index is 2.93. The normalized spacial score (nSPS) is 10.1. The van der Waals surface area contributed by atoms with Crippen LogP contribution in [0.5, 0.6) is 5.75 Å². The Morgan fingerprint density at radius 1 is 1.23 bits per heavy atom. The van der Waals surface area contributed by atoms with Crippen molar-refractivity contribution in [2.24, 2.45) is 0 Å². The van der Waals surface area contributed by atoms with Gasteiger partial charge in [0.1, 0.15) is 5.75 Å². The van der Waals surface area contributed by atoms with Gasteiger partial charge in [-0.2, -0.15) is 0 Å². The zero-order valence-corrected chi connectivity index (χ0v) is 9.28. The van der Waals surface area contributed by atoms with Gasteiger partial charge in [-0.1, -0.05) is 13.8 Å². The highest BCUT2D eigenvalue weighted by atomic mass is 32.2. The summed E-state index contributed by atoms with van der Waals surface area (Å²) < 4.78 is 5.23. The SMILES string of the molecule is CCSc1cc(CC)cc(OC)c1. The minimum Gasteiger partial charge on any atom is -0.497 e. The quantitative estimate of drug-likeness (QED) is 0.683. The molecule has 2 heteroatoms. The second kappa shape index (κ2) is 5.18. The number of ether oxygens (including phenoxy) is 1. The summed E-state index contributed by atoms with van der Waals surface area (Å²) in [6, 6.07) is 6.42.